The smallest absolute Gasteiger partial charge is 0.118 e. The highest BCUT2D eigenvalue weighted by Crippen LogP contribution is 2.25. The third-order valence-corrected chi connectivity index (χ3v) is 3.02. The first kappa shape index (κ1) is 9.74. The maximum atomic E-state index is 5.56. The molecular formula is C11H18N2O. The van der Waals surface area contributed by atoms with Gasteiger partial charge in [-0.25, -0.2) is 0 Å². The summed E-state index contributed by atoms with van der Waals surface area (Å²) in [7, 11) is 2.16. The Bertz CT molecular complexity index is 291. The number of hydrogen-bond acceptors (Lipinski definition) is 3. The number of rotatable bonds is 4. The van der Waals surface area contributed by atoms with Gasteiger partial charge in [-0.2, -0.15) is 0 Å². The summed E-state index contributed by atoms with van der Waals surface area (Å²) in [4.78, 5) is 2.36. The maximum Gasteiger partial charge on any atom is 0.118 e. The van der Waals surface area contributed by atoms with E-state index in [9.17, 15) is 0 Å². The summed E-state index contributed by atoms with van der Waals surface area (Å²) in [6.07, 6.45) is 4.04. The average Bonchev–Trinajstić information content (AvgIpc) is 2.48. The zero-order chi connectivity index (χ0) is 9.97. The average molecular weight is 194 g/mol. The molecule has 1 saturated carbocycles. The maximum absolute atomic E-state index is 5.56. The molecule has 14 heavy (non-hydrogen) atoms. The lowest BCUT2D eigenvalue weighted by Crippen LogP contribution is -2.36. The van der Waals surface area contributed by atoms with Crippen molar-refractivity contribution in [3.63, 3.8) is 0 Å². The van der Waals surface area contributed by atoms with E-state index in [1.807, 2.05) is 12.1 Å². The summed E-state index contributed by atoms with van der Waals surface area (Å²) in [5, 5.41) is 0. The molecule has 2 N–H and O–H groups in total. The first-order valence-electron chi connectivity index (χ1n) is 5.27. The molecular weight excluding hydrogens is 176 g/mol. The van der Waals surface area contributed by atoms with E-state index in [1.54, 1.807) is 0 Å². The lowest BCUT2D eigenvalue weighted by molar-refractivity contribution is 0.142. The van der Waals surface area contributed by atoms with Gasteiger partial charge in [-0.15, -0.1) is 0 Å². The minimum atomic E-state index is 0.493. The van der Waals surface area contributed by atoms with E-state index in [4.69, 9.17) is 10.2 Å². The summed E-state index contributed by atoms with van der Waals surface area (Å²) in [6.45, 7) is 1.40. The van der Waals surface area contributed by atoms with Crippen molar-refractivity contribution in [1.82, 2.24) is 4.90 Å². The molecule has 0 atom stereocenters. The van der Waals surface area contributed by atoms with Crippen molar-refractivity contribution in [2.24, 2.45) is 5.73 Å². The number of furan rings is 1. The normalized spacial score (nSPS) is 17.4. The molecule has 0 aromatic carbocycles. The van der Waals surface area contributed by atoms with E-state index in [0.29, 0.717) is 6.54 Å². The topological polar surface area (TPSA) is 42.4 Å². The lowest BCUT2D eigenvalue weighted by Gasteiger charge is -2.34. The molecule has 0 unspecified atom stereocenters. The minimum Gasteiger partial charge on any atom is -0.463 e. The Balaban J connectivity index is 1.89. The fourth-order valence-electron chi connectivity index (χ4n) is 1.82. The van der Waals surface area contributed by atoms with Gasteiger partial charge in [-0.1, -0.05) is 6.42 Å². The SMILES string of the molecule is CN(Cc1ccc(CN)o1)C1CCC1. The second kappa shape index (κ2) is 4.15. The molecule has 0 radical (unpaired) electrons. The third kappa shape index (κ3) is 1.99. The second-order valence-corrected chi connectivity index (χ2v) is 4.07. The molecule has 1 aromatic heterocycles. The molecule has 3 nitrogen and oxygen atoms in total. The lowest BCUT2D eigenvalue weighted by atomic mass is 9.92. The summed E-state index contributed by atoms with van der Waals surface area (Å²) in [5.41, 5.74) is 5.48. The molecule has 0 aliphatic heterocycles. The monoisotopic (exact) mass is 194 g/mol. The summed E-state index contributed by atoms with van der Waals surface area (Å²) < 4.78 is 5.56. The van der Waals surface area contributed by atoms with Crippen LogP contribution in [-0.2, 0) is 13.1 Å². The van der Waals surface area contributed by atoms with Crippen LogP contribution >= 0.6 is 0 Å². The Morgan fingerprint density at radius 3 is 2.64 bits per heavy atom. The number of nitrogens with zero attached hydrogens (tertiary/aromatic N) is 1. The van der Waals surface area contributed by atoms with Gasteiger partial charge in [0.2, 0.25) is 0 Å². The Labute approximate surface area is 84.9 Å². The zero-order valence-electron chi connectivity index (χ0n) is 8.70. The number of nitrogens with two attached hydrogens (primary N) is 1. The van der Waals surface area contributed by atoms with Crippen LogP contribution in [-0.4, -0.2) is 18.0 Å². The van der Waals surface area contributed by atoms with Crippen molar-refractivity contribution in [3.05, 3.63) is 23.7 Å². The molecule has 1 aliphatic rings. The summed E-state index contributed by atoms with van der Waals surface area (Å²) in [5.74, 6) is 1.90. The first-order chi connectivity index (χ1) is 6.79. The predicted molar refractivity (Wildman–Crippen MR) is 55.7 cm³/mol. The van der Waals surface area contributed by atoms with Crippen molar-refractivity contribution in [3.8, 4) is 0 Å². The van der Waals surface area contributed by atoms with Crippen LogP contribution in [0.3, 0.4) is 0 Å². The van der Waals surface area contributed by atoms with E-state index >= 15 is 0 Å². The van der Waals surface area contributed by atoms with Gasteiger partial charge in [0.05, 0.1) is 13.1 Å². The zero-order valence-corrected chi connectivity index (χ0v) is 8.70. The molecule has 1 fully saturated rings. The highest BCUT2D eigenvalue weighted by molar-refractivity contribution is 5.07. The van der Waals surface area contributed by atoms with Crippen molar-refractivity contribution in [2.75, 3.05) is 7.05 Å². The van der Waals surface area contributed by atoms with Crippen LogP contribution < -0.4 is 5.73 Å². The van der Waals surface area contributed by atoms with Gasteiger partial charge >= 0.3 is 0 Å². The molecule has 2 rings (SSSR count). The van der Waals surface area contributed by atoms with Crippen LogP contribution in [0.4, 0.5) is 0 Å². The van der Waals surface area contributed by atoms with E-state index in [-0.39, 0.29) is 0 Å². The van der Waals surface area contributed by atoms with Gasteiger partial charge < -0.3 is 10.2 Å². The van der Waals surface area contributed by atoms with Gasteiger partial charge in [-0.3, -0.25) is 4.90 Å². The van der Waals surface area contributed by atoms with Crippen molar-refractivity contribution in [1.29, 1.82) is 0 Å². The van der Waals surface area contributed by atoms with Gasteiger partial charge in [0, 0.05) is 6.04 Å². The van der Waals surface area contributed by atoms with Crippen LogP contribution in [0.2, 0.25) is 0 Å². The Hall–Kier alpha value is -0.800. The molecule has 0 spiro atoms. The first-order valence-corrected chi connectivity index (χ1v) is 5.27. The fourth-order valence-corrected chi connectivity index (χ4v) is 1.82. The van der Waals surface area contributed by atoms with Gasteiger partial charge in [-0.05, 0) is 32.0 Å². The van der Waals surface area contributed by atoms with Crippen LogP contribution in [0.15, 0.2) is 16.5 Å². The Kier molecular flexibility index (Phi) is 2.89. The van der Waals surface area contributed by atoms with Crippen molar-refractivity contribution in [2.45, 2.75) is 38.4 Å². The van der Waals surface area contributed by atoms with Gasteiger partial charge in [0.1, 0.15) is 11.5 Å². The molecule has 0 saturated heterocycles. The number of hydrogen-bond donors (Lipinski definition) is 1. The molecule has 1 aliphatic carbocycles. The molecule has 3 heteroatoms. The third-order valence-electron chi connectivity index (χ3n) is 3.02. The second-order valence-electron chi connectivity index (χ2n) is 4.07. The highest BCUT2D eigenvalue weighted by Gasteiger charge is 2.22. The standard InChI is InChI=1S/C11H18N2O/c1-13(9-3-2-4-9)8-11-6-5-10(7-12)14-11/h5-6,9H,2-4,7-8,12H2,1H3. The Morgan fingerprint density at radius 1 is 1.43 bits per heavy atom. The van der Waals surface area contributed by atoms with E-state index in [0.717, 1.165) is 24.1 Å². The predicted octanol–water partition coefficient (Wildman–Crippen LogP) is 1.72. The van der Waals surface area contributed by atoms with Crippen LogP contribution in [0.1, 0.15) is 30.8 Å². The van der Waals surface area contributed by atoms with Gasteiger partial charge in [0.25, 0.3) is 0 Å². The highest BCUT2D eigenvalue weighted by atomic mass is 16.3. The van der Waals surface area contributed by atoms with E-state index < -0.39 is 0 Å². The minimum absolute atomic E-state index is 0.493. The summed E-state index contributed by atoms with van der Waals surface area (Å²) >= 11 is 0. The van der Waals surface area contributed by atoms with Crippen molar-refractivity contribution >= 4 is 0 Å². The fraction of sp³-hybridized carbons (Fsp3) is 0.636. The molecule has 0 amide bonds. The van der Waals surface area contributed by atoms with Crippen LogP contribution in [0, 0.1) is 0 Å². The van der Waals surface area contributed by atoms with E-state index in [2.05, 4.69) is 11.9 Å². The molecule has 1 aromatic rings. The van der Waals surface area contributed by atoms with Crippen LogP contribution in [0.5, 0.6) is 0 Å². The van der Waals surface area contributed by atoms with Crippen LogP contribution in [0.25, 0.3) is 0 Å². The van der Waals surface area contributed by atoms with Gasteiger partial charge in [0.15, 0.2) is 0 Å². The quantitative estimate of drug-likeness (QED) is 0.793. The molecule has 78 valence electrons. The summed E-state index contributed by atoms with van der Waals surface area (Å²) in [6, 6.07) is 4.75. The largest absolute Gasteiger partial charge is 0.463 e. The van der Waals surface area contributed by atoms with E-state index in [1.165, 1.54) is 19.3 Å². The molecule has 0 bridgehead atoms. The van der Waals surface area contributed by atoms with Crippen molar-refractivity contribution < 1.29 is 4.42 Å². The Morgan fingerprint density at radius 2 is 2.14 bits per heavy atom. The molecule has 1 heterocycles.